The van der Waals surface area contributed by atoms with E-state index in [1.54, 1.807) is 19.9 Å². The molecule has 0 aliphatic carbocycles. The molecule has 1 aromatic heterocycles. The zero-order valence-corrected chi connectivity index (χ0v) is 14.1. The van der Waals surface area contributed by atoms with Gasteiger partial charge in [0, 0.05) is 13.0 Å². The Morgan fingerprint density at radius 2 is 2.12 bits per heavy atom. The maximum Gasteiger partial charge on any atom is 0.326 e. The molecule has 1 N–H and O–H groups in total. The summed E-state index contributed by atoms with van der Waals surface area (Å²) >= 11 is 0. The van der Waals surface area contributed by atoms with Gasteiger partial charge in [-0.05, 0) is 38.5 Å². The van der Waals surface area contributed by atoms with Gasteiger partial charge < -0.3 is 14.6 Å². The Balaban J connectivity index is 2.07. The van der Waals surface area contributed by atoms with Crippen molar-refractivity contribution in [3.8, 4) is 0 Å². The van der Waals surface area contributed by atoms with Crippen LogP contribution in [-0.4, -0.2) is 34.6 Å². The van der Waals surface area contributed by atoms with Crippen LogP contribution in [0, 0.1) is 0 Å². The molecule has 0 saturated heterocycles. The Kier molecular flexibility index (Phi) is 6.54. The monoisotopic (exact) mass is 329 g/mol. The first-order valence-corrected chi connectivity index (χ1v) is 8.16. The fourth-order valence-electron chi connectivity index (χ4n) is 2.50. The average Bonchev–Trinajstić information content (AvgIpc) is 2.90. The van der Waals surface area contributed by atoms with Gasteiger partial charge in [-0.2, -0.15) is 0 Å². The molecular weight excluding hydrogens is 306 g/mol. The molecule has 0 saturated carbocycles. The molecule has 1 heterocycles. The summed E-state index contributed by atoms with van der Waals surface area (Å²) in [7, 11) is 0. The summed E-state index contributed by atoms with van der Waals surface area (Å²) < 4.78 is 6.94. The van der Waals surface area contributed by atoms with Crippen LogP contribution in [0.2, 0.25) is 0 Å². The smallest absolute Gasteiger partial charge is 0.326 e. The highest BCUT2D eigenvalue weighted by Gasteiger charge is 2.13. The fraction of sp³-hybridized carbons (Fsp3) is 0.389. The lowest BCUT2D eigenvalue weighted by atomic mass is 10.3. The topological polar surface area (TPSA) is 73.2 Å². The van der Waals surface area contributed by atoms with Crippen LogP contribution in [0.4, 0.5) is 0 Å². The molecule has 2 rings (SSSR count). The second-order valence-corrected chi connectivity index (χ2v) is 5.30. The molecule has 0 fully saturated rings. The van der Waals surface area contributed by atoms with Gasteiger partial charge in [0.2, 0.25) is 5.91 Å². The van der Waals surface area contributed by atoms with Gasteiger partial charge >= 0.3 is 5.97 Å². The number of nitrogens with one attached hydrogen (secondary N) is 1. The minimum absolute atomic E-state index is 0.0995. The van der Waals surface area contributed by atoms with Crippen molar-refractivity contribution in [1.82, 2.24) is 14.9 Å². The number of ether oxygens (including phenoxy) is 1. The molecule has 24 heavy (non-hydrogen) atoms. The van der Waals surface area contributed by atoms with Gasteiger partial charge in [0.15, 0.2) is 0 Å². The maximum atomic E-state index is 11.9. The third-order valence-corrected chi connectivity index (χ3v) is 3.52. The number of amides is 1. The van der Waals surface area contributed by atoms with Gasteiger partial charge in [0.05, 0.1) is 17.6 Å². The van der Waals surface area contributed by atoms with E-state index in [0.29, 0.717) is 19.6 Å². The van der Waals surface area contributed by atoms with Crippen LogP contribution in [0.5, 0.6) is 0 Å². The van der Waals surface area contributed by atoms with E-state index in [0.717, 1.165) is 23.3 Å². The van der Waals surface area contributed by atoms with Crippen molar-refractivity contribution in [2.75, 3.05) is 13.2 Å². The summed E-state index contributed by atoms with van der Waals surface area (Å²) in [6.07, 6.45) is 4.61. The molecule has 0 aliphatic heterocycles. The highest BCUT2D eigenvalue weighted by molar-refractivity contribution is 5.87. The normalized spacial score (nSPS) is 11.1. The lowest BCUT2D eigenvalue weighted by Crippen LogP contribution is -2.23. The van der Waals surface area contributed by atoms with E-state index in [2.05, 4.69) is 10.3 Å². The first-order chi connectivity index (χ1) is 11.7. The summed E-state index contributed by atoms with van der Waals surface area (Å²) in [5.41, 5.74) is 1.77. The summed E-state index contributed by atoms with van der Waals surface area (Å²) in [5.74, 6) is 0.449. The largest absolute Gasteiger partial charge is 0.465 e. The molecule has 0 atom stereocenters. The molecule has 1 amide bonds. The SMILES string of the molecule is C/C=C\C(=O)NCCCc1nc2ccccc2n1CC(=O)OCC. The highest BCUT2D eigenvalue weighted by Crippen LogP contribution is 2.17. The number of nitrogens with zero attached hydrogens (tertiary/aromatic N) is 2. The number of imidazole rings is 1. The van der Waals surface area contributed by atoms with Gasteiger partial charge in [-0.15, -0.1) is 0 Å². The Morgan fingerprint density at radius 1 is 1.33 bits per heavy atom. The number of hydrogen-bond donors (Lipinski definition) is 1. The van der Waals surface area contributed by atoms with Gasteiger partial charge in [-0.3, -0.25) is 9.59 Å². The number of fused-ring (bicyclic) bond motifs is 1. The number of carbonyl (C=O) groups is 2. The van der Waals surface area contributed by atoms with Crippen LogP contribution >= 0.6 is 0 Å². The Labute approximate surface area is 141 Å². The molecular formula is C18H23N3O3. The van der Waals surface area contributed by atoms with Crippen molar-refractivity contribution in [2.45, 2.75) is 33.2 Å². The van der Waals surface area contributed by atoms with Crippen LogP contribution in [0.15, 0.2) is 36.4 Å². The molecule has 6 nitrogen and oxygen atoms in total. The summed E-state index contributed by atoms with van der Waals surface area (Å²) in [6.45, 7) is 4.66. The number of benzene rings is 1. The Morgan fingerprint density at radius 3 is 2.88 bits per heavy atom. The van der Waals surface area contributed by atoms with Crippen molar-refractivity contribution in [2.24, 2.45) is 0 Å². The number of aromatic nitrogens is 2. The van der Waals surface area contributed by atoms with Crippen molar-refractivity contribution < 1.29 is 14.3 Å². The van der Waals surface area contributed by atoms with E-state index < -0.39 is 0 Å². The Bertz CT molecular complexity index is 734. The van der Waals surface area contributed by atoms with Gasteiger partial charge in [0.1, 0.15) is 12.4 Å². The molecule has 0 unspecified atom stereocenters. The standard InChI is InChI=1S/C18H23N3O3/c1-3-8-17(22)19-12-7-11-16-20-14-9-5-6-10-15(14)21(16)13-18(23)24-4-2/h3,5-6,8-10H,4,7,11-13H2,1-2H3,(H,19,22)/b8-3-. The molecule has 0 aliphatic rings. The van der Waals surface area contributed by atoms with E-state index in [1.807, 2.05) is 28.8 Å². The van der Waals surface area contributed by atoms with Crippen molar-refractivity contribution in [3.63, 3.8) is 0 Å². The summed E-state index contributed by atoms with van der Waals surface area (Å²) in [6, 6.07) is 7.71. The summed E-state index contributed by atoms with van der Waals surface area (Å²) in [5, 5.41) is 2.81. The van der Waals surface area contributed by atoms with E-state index >= 15 is 0 Å². The maximum absolute atomic E-state index is 11.9. The summed E-state index contributed by atoms with van der Waals surface area (Å²) in [4.78, 5) is 27.9. The van der Waals surface area contributed by atoms with E-state index in [-0.39, 0.29) is 18.4 Å². The first-order valence-electron chi connectivity index (χ1n) is 8.16. The number of rotatable bonds is 8. The van der Waals surface area contributed by atoms with Crippen molar-refractivity contribution >= 4 is 22.9 Å². The van der Waals surface area contributed by atoms with E-state index in [4.69, 9.17) is 4.74 Å². The number of esters is 1. The van der Waals surface area contributed by atoms with Crippen molar-refractivity contribution in [1.29, 1.82) is 0 Å². The predicted octanol–water partition coefficient (Wildman–Crippen LogP) is 2.22. The van der Waals surface area contributed by atoms with Crippen molar-refractivity contribution in [3.05, 3.63) is 42.2 Å². The van der Waals surface area contributed by atoms with Gasteiger partial charge in [-0.25, -0.2) is 4.98 Å². The molecule has 0 radical (unpaired) electrons. The third kappa shape index (κ3) is 4.68. The number of para-hydroxylation sites is 2. The van der Waals surface area contributed by atoms with Crippen LogP contribution in [0.3, 0.4) is 0 Å². The third-order valence-electron chi connectivity index (χ3n) is 3.52. The zero-order valence-electron chi connectivity index (χ0n) is 14.1. The zero-order chi connectivity index (χ0) is 17.4. The number of allylic oxidation sites excluding steroid dienone is 1. The molecule has 6 heteroatoms. The fourth-order valence-corrected chi connectivity index (χ4v) is 2.50. The van der Waals surface area contributed by atoms with Crippen LogP contribution in [0.25, 0.3) is 11.0 Å². The predicted molar refractivity (Wildman–Crippen MR) is 92.5 cm³/mol. The molecule has 128 valence electrons. The second-order valence-electron chi connectivity index (χ2n) is 5.30. The highest BCUT2D eigenvalue weighted by atomic mass is 16.5. The van der Waals surface area contributed by atoms with Gasteiger partial charge in [0.25, 0.3) is 0 Å². The van der Waals surface area contributed by atoms with E-state index in [1.165, 1.54) is 6.08 Å². The molecule has 0 bridgehead atoms. The van der Waals surface area contributed by atoms with Gasteiger partial charge in [-0.1, -0.05) is 18.2 Å². The van der Waals surface area contributed by atoms with Crippen LogP contribution < -0.4 is 5.32 Å². The minimum atomic E-state index is -0.275. The number of carbonyl (C=O) groups excluding carboxylic acids is 2. The first kappa shape index (κ1) is 17.7. The molecule has 0 spiro atoms. The lowest BCUT2D eigenvalue weighted by molar-refractivity contribution is -0.143. The molecule has 2 aromatic rings. The van der Waals surface area contributed by atoms with Crippen LogP contribution in [-0.2, 0) is 27.3 Å². The number of aryl methyl sites for hydroxylation is 1. The van der Waals surface area contributed by atoms with E-state index in [9.17, 15) is 9.59 Å². The Hall–Kier alpha value is -2.63. The van der Waals surface area contributed by atoms with Crippen LogP contribution in [0.1, 0.15) is 26.1 Å². The second kappa shape index (κ2) is 8.86. The quantitative estimate of drug-likeness (QED) is 0.458. The minimum Gasteiger partial charge on any atom is -0.465 e. The average molecular weight is 329 g/mol. The molecule has 1 aromatic carbocycles. The number of hydrogen-bond acceptors (Lipinski definition) is 4. The lowest BCUT2D eigenvalue weighted by Gasteiger charge is -2.09.